The quantitative estimate of drug-likeness (QED) is 0.453. The highest BCUT2D eigenvalue weighted by molar-refractivity contribution is 7.92. The Morgan fingerprint density at radius 2 is 1.73 bits per heavy atom. The SMILES string of the molecule is CC[C@@H](C)NC(=O)[C@@H](C)N(Cc1ccccc1C)C(=O)CN(c1cc(C(F)(F)F)ccc1Cl)S(C)(=O)=O. The van der Waals surface area contributed by atoms with E-state index in [1.54, 1.807) is 19.1 Å². The normalized spacial score (nSPS) is 13.5. The van der Waals surface area contributed by atoms with Crippen LogP contribution in [0.2, 0.25) is 5.02 Å². The highest BCUT2D eigenvalue weighted by Gasteiger charge is 2.35. The summed E-state index contributed by atoms with van der Waals surface area (Å²) in [4.78, 5) is 27.7. The highest BCUT2D eigenvalue weighted by Crippen LogP contribution is 2.36. The predicted molar refractivity (Wildman–Crippen MR) is 138 cm³/mol. The van der Waals surface area contributed by atoms with E-state index in [4.69, 9.17) is 11.6 Å². The van der Waals surface area contributed by atoms with Crippen molar-refractivity contribution < 1.29 is 31.2 Å². The Bertz CT molecular complexity index is 1240. The smallest absolute Gasteiger partial charge is 0.352 e. The number of alkyl halides is 3. The van der Waals surface area contributed by atoms with Gasteiger partial charge in [0.2, 0.25) is 21.8 Å². The third kappa shape index (κ3) is 8.10. The molecule has 1 N–H and O–H groups in total. The Morgan fingerprint density at radius 1 is 1.11 bits per heavy atom. The number of carbonyl (C=O) groups is 2. The molecule has 204 valence electrons. The van der Waals surface area contributed by atoms with Crippen molar-refractivity contribution in [2.45, 2.75) is 58.9 Å². The van der Waals surface area contributed by atoms with Gasteiger partial charge in [-0.25, -0.2) is 8.42 Å². The molecule has 2 amide bonds. The van der Waals surface area contributed by atoms with Crippen LogP contribution in [0.5, 0.6) is 0 Å². The van der Waals surface area contributed by atoms with Crippen LogP contribution in [0.1, 0.15) is 43.9 Å². The zero-order valence-corrected chi connectivity index (χ0v) is 22.8. The number of amides is 2. The maximum Gasteiger partial charge on any atom is 0.416 e. The number of sulfonamides is 1. The first kappa shape index (κ1) is 30.4. The number of benzene rings is 2. The number of aryl methyl sites for hydroxylation is 1. The molecule has 0 heterocycles. The highest BCUT2D eigenvalue weighted by atomic mass is 35.5. The Morgan fingerprint density at radius 3 is 2.27 bits per heavy atom. The Kier molecular flexibility index (Phi) is 10.0. The molecule has 0 unspecified atom stereocenters. The molecule has 0 aromatic heterocycles. The summed E-state index contributed by atoms with van der Waals surface area (Å²) in [6.45, 7) is 6.15. The van der Waals surface area contributed by atoms with Gasteiger partial charge in [-0.3, -0.25) is 13.9 Å². The van der Waals surface area contributed by atoms with E-state index in [2.05, 4.69) is 5.32 Å². The van der Waals surface area contributed by atoms with Gasteiger partial charge in [0, 0.05) is 12.6 Å². The van der Waals surface area contributed by atoms with Crippen molar-refractivity contribution >= 4 is 39.1 Å². The molecule has 0 bridgehead atoms. The van der Waals surface area contributed by atoms with Crippen LogP contribution >= 0.6 is 11.6 Å². The molecule has 0 aliphatic carbocycles. The molecular formula is C25H31ClF3N3O4S. The van der Waals surface area contributed by atoms with Gasteiger partial charge in [-0.15, -0.1) is 0 Å². The van der Waals surface area contributed by atoms with Crippen molar-refractivity contribution in [2.24, 2.45) is 0 Å². The maximum atomic E-state index is 13.6. The Hall–Kier alpha value is -2.79. The Balaban J connectivity index is 2.51. The first-order valence-corrected chi connectivity index (χ1v) is 13.8. The summed E-state index contributed by atoms with van der Waals surface area (Å²) in [7, 11) is -4.25. The minimum Gasteiger partial charge on any atom is -0.352 e. The van der Waals surface area contributed by atoms with E-state index in [0.717, 1.165) is 29.5 Å². The van der Waals surface area contributed by atoms with Gasteiger partial charge in [0.25, 0.3) is 0 Å². The molecule has 12 heteroatoms. The van der Waals surface area contributed by atoms with Gasteiger partial charge in [-0.05, 0) is 56.5 Å². The molecule has 0 aliphatic rings. The monoisotopic (exact) mass is 561 g/mol. The Labute approximate surface area is 220 Å². The third-order valence-corrected chi connectivity index (χ3v) is 7.44. The number of hydrogen-bond acceptors (Lipinski definition) is 4. The van der Waals surface area contributed by atoms with Gasteiger partial charge < -0.3 is 10.2 Å². The molecule has 0 spiro atoms. The van der Waals surface area contributed by atoms with Crippen molar-refractivity contribution in [3.63, 3.8) is 0 Å². The topological polar surface area (TPSA) is 86.8 Å². The molecule has 0 radical (unpaired) electrons. The number of anilines is 1. The summed E-state index contributed by atoms with van der Waals surface area (Å²) in [5.41, 5.74) is -0.0382. The van der Waals surface area contributed by atoms with E-state index < -0.39 is 51.9 Å². The van der Waals surface area contributed by atoms with Crippen molar-refractivity contribution in [3.8, 4) is 0 Å². The van der Waals surface area contributed by atoms with Gasteiger partial charge >= 0.3 is 6.18 Å². The number of nitrogens with zero attached hydrogens (tertiary/aromatic N) is 2. The van der Waals surface area contributed by atoms with Crippen molar-refractivity contribution in [1.82, 2.24) is 10.2 Å². The standard InChI is InChI=1S/C25H31ClF3N3O4S/c1-6-17(3)30-24(34)18(4)31(14-19-10-8-7-9-16(19)2)23(33)15-32(37(5,35)36)22-13-20(25(27,28)29)11-12-21(22)26/h7-13,17-18H,6,14-15H2,1-5H3,(H,30,34)/t17-,18-/m1/s1. The second-order valence-electron chi connectivity index (χ2n) is 8.88. The second-order valence-corrected chi connectivity index (χ2v) is 11.2. The van der Waals surface area contributed by atoms with E-state index in [1.165, 1.54) is 11.8 Å². The van der Waals surface area contributed by atoms with Gasteiger partial charge in [-0.1, -0.05) is 42.8 Å². The van der Waals surface area contributed by atoms with Crippen LogP contribution in [0.25, 0.3) is 0 Å². The molecule has 0 fully saturated rings. The summed E-state index contributed by atoms with van der Waals surface area (Å²) in [6.07, 6.45) is -3.34. The number of nitrogens with one attached hydrogen (secondary N) is 1. The molecule has 7 nitrogen and oxygen atoms in total. The van der Waals surface area contributed by atoms with E-state index in [9.17, 15) is 31.2 Å². The van der Waals surface area contributed by atoms with Crippen LogP contribution in [-0.2, 0) is 32.3 Å². The fourth-order valence-corrected chi connectivity index (χ4v) is 4.62. The van der Waals surface area contributed by atoms with Crippen LogP contribution < -0.4 is 9.62 Å². The summed E-state index contributed by atoms with van der Waals surface area (Å²) in [5, 5.41) is 2.52. The molecule has 2 aromatic carbocycles. The number of hydrogen-bond donors (Lipinski definition) is 1. The minimum atomic E-state index is -4.76. The van der Waals surface area contributed by atoms with Crippen LogP contribution in [0, 0.1) is 6.92 Å². The lowest BCUT2D eigenvalue weighted by Gasteiger charge is -2.32. The average Bonchev–Trinajstić information content (AvgIpc) is 2.80. The van der Waals surface area contributed by atoms with Crippen LogP contribution in [0.3, 0.4) is 0 Å². The van der Waals surface area contributed by atoms with E-state index >= 15 is 0 Å². The first-order chi connectivity index (χ1) is 17.1. The molecule has 2 atom stereocenters. The van der Waals surface area contributed by atoms with Crippen molar-refractivity contribution in [2.75, 3.05) is 17.1 Å². The van der Waals surface area contributed by atoms with E-state index in [1.807, 2.05) is 26.0 Å². The second kappa shape index (κ2) is 12.2. The number of halogens is 4. The third-order valence-electron chi connectivity index (χ3n) is 5.99. The van der Waals surface area contributed by atoms with Gasteiger partial charge in [0.15, 0.2) is 0 Å². The molecule has 0 saturated heterocycles. The average molecular weight is 562 g/mol. The lowest BCUT2D eigenvalue weighted by molar-refractivity contribution is -0.139. The van der Waals surface area contributed by atoms with Gasteiger partial charge in [0.05, 0.1) is 22.5 Å². The summed E-state index contributed by atoms with van der Waals surface area (Å²) >= 11 is 6.08. The van der Waals surface area contributed by atoms with Crippen LogP contribution in [-0.4, -0.2) is 50.0 Å². The fourth-order valence-electron chi connectivity index (χ4n) is 3.49. The first-order valence-electron chi connectivity index (χ1n) is 11.5. The zero-order chi connectivity index (χ0) is 28.1. The van der Waals surface area contributed by atoms with Crippen molar-refractivity contribution in [3.05, 3.63) is 64.2 Å². The molecule has 2 aromatic rings. The van der Waals surface area contributed by atoms with Gasteiger partial charge in [-0.2, -0.15) is 13.2 Å². The lowest BCUT2D eigenvalue weighted by atomic mass is 10.1. The predicted octanol–water partition coefficient (Wildman–Crippen LogP) is 4.77. The van der Waals surface area contributed by atoms with E-state index in [-0.39, 0.29) is 17.6 Å². The fraction of sp³-hybridized carbons (Fsp3) is 0.440. The van der Waals surface area contributed by atoms with E-state index in [0.29, 0.717) is 16.8 Å². The largest absolute Gasteiger partial charge is 0.416 e. The van der Waals surface area contributed by atoms with Crippen LogP contribution in [0.4, 0.5) is 18.9 Å². The summed E-state index contributed by atoms with van der Waals surface area (Å²) in [5.74, 6) is -1.23. The molecule has 37 heavy (non-hydrogen) atoms. The van der Waals surface area contributed by atoms with Crippen LogP contribution in [0.15, 0.2) is 42.5 Å². The molecule has 2 rings (SSSR count). The molecule has 0 aliphatic heterocycles. The maximum absolute atomic E-state index is 13.6. The summed E-state index contributed by atoms with van der Waals surface area (Å²) in [6, 6.07) is 8.24. The zero-order valence-electron chi connectivity index (χ0n) is 21.3. The number of rotatable bonds is 10. The van der Waals surface area contributed by atoms with Crippen molar-refractivity contribution in [1.29, 1.82) is 0 Å². The lowest BCUT2D eigenvalue weighted by Crippen LogP contribution is -2.52. The number of carbonyl (C=O) groups excluding carboxylic acids is 2. The molecular weight excluding hydrogens is 531 g/mol. The molecule has 0 saturated carbocycles. The van der Waals surface area contributed by atoms with Gasteiger partial charge in [0.1, 0.15) is 12.6 Å². The summed E-state index contributed by atoms with van der Waals surface area (Å²) < 4.78 is 65.8. The minimum absolute atomic E-state index is 0.0193.